The summed E-state index contributed by atoms with van der Waals surface area (Å²) >= 11 is 0. The molecule has 0 saturated heterocycles. The lowest BCUT2D eigenvalue weighted by Crippen LogP contribution is -2.32. The fourth-order valence-corrected chi connectivity index (χ4v) is 2.20. The Morgan fingerprint density at radius 2 is 2.00 bits per heavy atom. The van der Waals surface area contributed by atoms with Crippen LogP contribution in [0.3, 0.4) is 0 Å². The number of aliphatic hydroxyl groups excluding tert-OH is 1. The van der Waals surface area contributed by atoms with E-state index in [0.717, 1.165) is 18.9 Å². The van der Waals surface area contributed by atoms with Gasteiger partial charge in [-0.1, -0.05) is 26.7 Å². The third-order valence-electron chi connectivity index (χ3n) is 3.55. The minimum absolute atomic E-state index is 0.0590. The first-order chi connectivity index (χ1) is 9.49. The molecule has 0 aliphatic rings. The Hall–Kier alpha value is -1.46. The number of carbonyl (C=O) groups is 1. The molecule has 0 radical (unpaired) electrons. The summed E-state index contributed by atoms with van der Waals surface area (Å²) in [6.07, 6.45) is 1.31. The first-order valence-corrected chi connectivity index (χ1v) is 6.90. The van der Waals surface area contributed by atoms with Gasteiger partial charge in [0.15, 0.2) is 0 Å². The monoisotopic (exact) mass is 283 g/mol. The van der Waals surface area contributed by atoms with Crippen LogP contribution in [0.5, 0.6) is 0 Å². The van der Waals surface area contributed by atoms with Crippen LogP contribution in [0.1, 0.15) is 42.6 Å². The predicted octanol–water partition coefficient (Wildman–Crippen LogP) is 2.41. The summed E-state index contributed by atoms with van der Waals surface area (Å²) in [7, 11) is 0. The Morgan fingerprint density at radius 3 is 2.55 bits per heavy atom. The largest absolute Gasteiger partial charge is 0.478 e. The number of carboxylic acid groups (broad SMARTS) is 1. The van der Waals surface area contributed by atoms with Gasteiger partial charge in [-0.2, -0.15) is 0 Å². The number of halogens is 1. The number of hydrogen-bond acceptors (Lipinski definition) is 3. The molecule has 5 heteroatoms. The second kappa shape index (κ2) is 7.97. The van der Waals surface area contributed by atoms with E-state index in [1.807, 2.05) is 13.8 Å². The number of nitrogens with one attached hydrogen (secondary N) is 1. The summed E-state index contributed by atoms with van der Waals surface area (Å²) in [5.74, 6) is -1.31. The lowest BCUT2D eigenvalue weighted by molar-refractivity contribution is 0.0696. The van der Waals surface area contributed by atoms with E-state index in [1.54, 1.807) is 0 Å². The van der Waals surface area contributed by atoms with Crippen LogP contribution in [0.15, 0.2) is 18.2 Å². The molecule has 0 spiro atoms. The van der Waals surface area contributed by atoms with Gasteiger partial charge in [-0.05, 0) is 24.1 Å². The van der Waals surface area contributed by atoms with Gasteiger partial charge in [0.25, 0.3) is 0 Å². The number of aliphatic hydroxyl groups is 1. The molecule has 0 fully saturated rings. The summed E-state index contributed by atoms with van der Waals surface area (Å²) < 4.78 is 13.6. The van der Waals surface area contributed by atoms with Crippen molar-refractivity contribution in [3.05, 3.63) is 35.1 Å². The van der Waals surface area contributed by atoms with E-state index in [1.165, 1.54) is 12.1 Å². The minimum atomic E-state index is -1.08. The quantitative estimate of drug-likeness (QED) is 0.685. The van der Waals surface area contributed by atoms with Gasteiger partial charge in [0.05, 0.1) is 11.7 Å². The second-order valence-electron chi connectivity index (χ2n) is 4.89. The van der Waals surface area contributed by atoms with E-state index in [0.29, 0.717) is 12.1 Å². The molecule has 112 valence electrons. The number of hydrogen-bond donors (Lipinski definition) is 3. The molecule has 1 rings (SSSR count). The number of rotatable bonds is 8. The lowest BCUT2D eigenvalue weighted by atomic mass is 9.96. The molecular formula is C15H22FNO3. The third kappa shape index (κ3) is 4.58. The molecule has 4 nitrogen and oxygen atoms in total. The topological polar surface area (TPSA) is 69.6 Å². The number of carboxylic acids is 1. The van der Waals surface area contributed by atoms with Crippen molar-refractivity contribution in [2.45, 2.75) is 39.3 Å². The van der Waals surface area contributed by atoms with Crippen molar-refractivity contribution in [1.82, 2.24) is 5.32 Å². The third-order valence-corrected chi connectivity index (χ3v) is 3.55. The summed E-state index contributed by atoms with van der Waals surface area (Å²) in [5.41, 5.74) is 0.352. The van der Waals surface area contributed by atoms with Gasteiger partial charge in [0, 0.05) is 18.7 Å². The fourth-order valence-electron chi connectivity index (χ4n) is 2.20. The zero-order chi connectivity index (χ0) is 15.1. The van der Waals surface area contributed by atoms with Gasteiger partial charge in [0.1, 0.15) is 5.82 Å². The molecule has 1 aromatic carbocycles. The van der Waals surface area contributed by atoms with Gasteiger partial charge >= 0.3 is 5.97 Å². The van der Waals surface area contributed by atoms with Crippen molar-refractivity contribution in [3.8, 4) is 0 Å². The lowest BCUT2D eigenvalue weighted by Gasteiger charge is -2.20. The summed E-state index contributed by atoms with van der Waals surface area (Å²) in [4.78, 5) is 10.8. The van der Waals surface area contributed by atoms with Gasteiger partial charge in [-0.3, -0.25) is 0 Å². The average Bonchev–Trinajstić information content (AvgIpc) is 2.42. The van der Waals surface area contributed by atoms with Crippen molar-refractivity contribution in [1.29, 1.82) is 0 Å². The van der Waals surface area contributed by atoms with E-state index in [9.17, 15) is 14.3 Å². The second-order valence-corrected chi connectivity index (χ2v) is 4.89. The van der Waals surface area contributed by atoms with Crippen LogP contribution in [0.2, 0.25) is 0 Å². The maximum atomic E-state index is 13.6. The SMILES string of the molecule is CCC(CC)C(O)CNCc1cc(C(=O)O)ccc1F. The van der Waals surface area contributed by atoms with Crippen LogP contribution in [-0.2, 0) is 6.54 Å². The van der Waals surface area contributed by atoms with Gasteiger partial charge in [-0.25, -0.2) is 9.18 Å². The van der Waals surface area contributed by atoms with Gasteiger partial charge in [-0.15, -0.1) is 0 Å². The Kier molecular flexibility index (Phi) is 6.61. The van der Waals surface area contributed by atoms with Crippen molar-refractivity contribution >= 4 is 5.97 Å². The zero-order valence-corrected chi connectivity index (χ0v) is 11.9. The van der Waals surface area contributed by atoms with E-state index in [4.69, 9.17) is 5.11 Å². The normalized spacial score (nSPS) is 12.7. The number of aromatic carboxylic acids is 1. The first kappa shape index (κ1) is 16.6. The van der Waals surface area contributed by atoms with E-state index in [2.05, 4.69) is 5.32 Å². The van der Waals surface area contributed by atoms with Crippen LogP contribution < -0.4 is 5.32 Å². The molecule has 0 amide bonds. The highest BCUT2D eigenvalue weighted by Crippen LogP contribution is 2.13. The highest BCUT2D eigenvalue weighted by molar-refractivity contribution is 5.87. The molecule has 0 saturated carbocycles. The molecule has 1 atom stereocenters. The maximum absolute atomic E-state index is 13.6. The predicted molar refractivity (Wildman–Crippen MR) is 75.1 cm³/mol. The van der Waals surface area contributed by atoms with Crippen molar-refractivity contribution in [3.63, 3.8) is 0 Å². The van der Waals surface area contributed by atoms with Crippen LogP contribution in [0, 0.1) is 11.7 Å². The molecule has 0 aliphatic carbocycles. The molecule has 20 heavy (non-hydrogen) atoms. The van der Waals surface area contributed by atoms with Crippen molar-refractivity contribution < 1.29 is 19.4 Å². The zero-order valence-electron chi connectivity index (χ0n) is 11.9. The van der Waals surface area contributed by atoms with Gasteiger partial charge < -0.3 is 15.5 Å². The Morgan fingerprint density at radius 1 is 1.35 bits per heavy atom. The van der Waals surface area contributed by atoms with Gasteiger partial charge in [0.2, 0.25) is 0 Å². The molecular weight excluding hydrogens is 261 g/mol. The van der Waals surface area contributed by atoms with E-state index < -0.39 is 17.9 Å². The molecule has 1 aromatic rings. The van der Waals surface area contributed by atoms with Crippen LogP contribution in [-0.4, -0.2) is 28.8 Å². The van der Waals surface area contributed by atoms with Crippen LogP contribution >= 0.6 is 0 Å². The minimum Gasteiger partial charge on any atom is -0.478 e. The number of benzene rings is 1. The summed E-state index contributed by atoms with van der Waals surface area (Å²) in [5, 5.41) is 21.8. The summed E-state index contributed by atoms with van der Waals surface area (Å²) in [6, 6.07) is 3.70. The Labute approximate surface area is 118 Å². The molecule has 3 N–H and O–H groups in total. The smallest absolute Gasteiger partial charge is 0.335 e. The van der Waals surface area contributed by atoms with Crippen LogP contribution in [0.25, 0.3) is 0 Å². The molecule has 0 aromatic heterocycles. The van der Waals surface area contributed by atoms with Crippen molar-refractivity contribution in [2.24, 2.45) is 5.92 Å². The van der Waals surface area contributed by atoms with E-state index >= 15 is 0 Å². The molecule has 0 bridgehead atoms. The molecule has 0 heterocycles. The molecule has 0 aliphatic heterocycles. The fraction of sp³-hybridized carbons (Fsp3) is 0.533. The van der Waals surface area contributed by atoms with Crippen molar-refractivity contribution in [2.75, 3.05) is 6.54 Å². The first-order valence-electron chi connectivity index (χ1n) is 6.90. The highest BCUT2D eigenvalue weighted by Gasteiger charge is 2.15. The van der Waals surface area contributed by atoms with Crippen LogP contribution in [0.4, 0.5) is 4.39 Å². The average molecular weight is 283 g/mol. The Bertz CT molecular complexity index is 447. The summed E-state index contributed by atoms with van der Waals surface area (Å²) in [6.45, 7) is 4.61. The highest BCUT2D eigenvalue weighted by atomic mass is 19.1. The standard InChI is InChI=1S/C15H22FNO3/c1-3-10(4-2)14(18)9-17-8-12-7-11(15(19)20)5-6-13(12)16/h5-7,10,14,17-18H,3-4,8-9H2,1-2H3,(H,19,20). The molecule has 1 unspecified atom stereocenters. The van der Waals surface area contributed by atoms with E-state index in [-0.39, 0.29) is 18.0 Å². The maximum Gasteiger partial charge on any atom is 0.335 e. The Balaban J connectivity index is 2.57.